The van der Waals surface area contributed by atoms with Gasteiger partial charge in [-0.2, -0.15) is 0 Å². The van der Waals surface area contributed by atoms with E-state index in [1.165, 1.54) is 71.6 Å². The minimum absolute atomic E-state index is 0.312. The van der Waals surface area contributed by atoms with Crippen LogP contribution in [-0.4, -0.2) is 14.5 Å². The molecule has 13 rings (SSSR count). The van der Waals surface area contributed by atoms with Crippen molar-refractivity contribution in [2.45, 2.75) is 24.7 Å². The predicted molar refractivity (Wildman–Crippen MR) is 233 cm³/mol. The van der Waals surface area contributed by atoms with Gasteiger partial charge in [-0.3, -0.25) is 4.57 Å². The molecule has 0 saturated carbocycles. The van der Waals surface area contributed by atoms with Crippen LogP contribution in [0.4, 0.5) is 0 Å². The maximum Gasteiger partial charge on any atom is 0.165 e. The molecule has 10 aromatic rings. The lowest BCUT2D eigenvalue weighted by Crippen LogP contribution is -2.25. The van der Waals surface area contributed by atoms with Crippen LogP contribution in [0, 0.1) is 0 Å². The molecule has 0 atom stereocenters. The number of para-hydroxylation sites is 1. The Labute approximate surface area is 330 Å². The van der Waals surface area contributed by atoms with Gasteiger partial charge in [0.2, 0.25) is 0 Å². The molecule has 3 aliphatic carbocycles. The number of nitrogens with zero attached hydrogens (tertiary/aromatic N) is 3. The molecule has 8 aromatic carbocycles. The lowest BCUT2D eigenvalue weighted by Gasteiger charge is -2.30. The maximum atomic E-state index is 5.78. The number of hydrogen-bond donors (Lipinski definition) is 0. The fourth-order valence-corrected chi connectivity index (χ4v) is 10.9. The summed E-state index contributed by atoms with van der Waals surface area (Å²) in [7, 11) is 0. The molecule has 0 radical (unpaired) electrons. The average Bonchev–Trinajstić information content (AvgIpc) is 3.92. The normalized spacial score (nSPS) is 14.8. The van der Waals surface area contributed by atoms with E-state index in [4.69, 9.17) is 9.97 Å². The molecule has 3 heteroatoms. The van der Waals surface area contributed by atoms with Gasteiger partial charge in [-0.1, -0.05) is 166 Å². The van der Waals surface area contributed by atoms with Crippen molar-refractivity contribution in [1.82, 2.24) is 14.5 Å². The summed E-state index contributed by atoms with van der Waals surface area (Å²) in [5, 5.41) is 4.84. The summed E-state index contributed by atoms with van der Waals surface area (Å²) in [5.74, 6) is 0.847. The van der Waals surface area contributed by atoms with Crippen LogP contribution in [0.2, 0.25) is 0 Å². The van der Waals surface area contributed by atoms with Gasteiger partial charge < -0.3 is 0 Å². The summed E-state index contributed by atoms with van der Waals surface area (Å²) in [6, 6.07) is 64.9. The first-order valence-corrected chi connectivity index (χ1v) is 19.9. The zero-order chi connectivity index (χ0) is 37.6. The van der Waals surface area contributed by atoms with E-state index in [1.54, 1.807) is 0 Å². The zero-order valence-corrected chi connectivity index (χ0v) is 31.6. The minimum atomic E-state index is -0.401. The molecule has 3 nitrogen and oxygen atoms in total. The van der Waals surface area contributed by atoms with Crippen LogP contribution < -0.4 is 0 Å². The third kappa shape index (κ3) is 3.82. The zero-order valence-electron chi connectivity index (χ0n) is 31.6. The van der Waals surface area contributed by atoms with Gasteiger partial charge in [-0.25, -0.2) is 9.97 Å². The van der Waals surface area contributed by atoms with Gasteiger partial charge in [0, 0.05) is 27.3 Å². The summed E-state index contributed by atoms with van der Waals surface area (Å²) >= 11 is 0. The van der Waals surface area contributed by atoms with E-state index in [2.05, 4.69) is 194 Å². The van der Waals surface area contributed by atoms with Crippen LogP contribution in [0.15, 0.2) is 176 Å². The van der Waals surface area contributed by atoms with Crippen molar-refractivity contribution in [3.05, 3.63) is 209 Å². The molecule has 0 unspecified atom stereocenters. The number of aromatic nitrogens is 3. The van der Waals surface area contributed by atoms with Gasteiger partial charge in [0.15, 0.2) is 5.82 Å². The van der Waals surface area contributed by atoms with Crippen molar-refractivity contribution >= 4 is 32.6 Å². The smallest absolute Gasteiger partial charge is 0.165 e. The molecule has 0 N–H and O–H groups in total. The number of benzene rings is 8. The Balaban J connectivity index is 1.14. The molecule has 0 bridgehead atoms. The Morgan fingerprint density at radius 2 is 0.947 bits per heavy atom. The second-order valence-corrected chi connectivity index (χ2v) is 16.5. The Morgan fingerprint density at radius 1 is 0.404 bits per heavy atom. The molecule has 2 heterocycles. The first-order valence-electron chi connectivity index (χ1n) is 19.9. The van der Waals surface area contributed by atoms with Gasteiger partial charge in [-0.15, -0.1) is 0 Å². The van der Waals surface area contributed by atoms with Gasteiger partial charge >= 0.3 is 0 Å². The molecule has 2 aromatic heterocycles. The Morgan fingerprint density at radius 3 is 1.65 bits per heavy atom. The van der Waals surface area contributed by atoms with Crippen molar-refractivity contribution in [2.75, 3.05) is 0 Å². The first-order chi connectivity index (χ1) is 28.0. The molecule has 57 heavy (non-hydrogen) atoms. The van der Waals surface area contributed by atoms with Crippen LogP contribution in [0.1, 0.15) is 47.4 Å². The van der Waals surface area contributed by atoms with Crippen molar-refractivity contribution in [3.8, 4) is 50.6 Å². The SMILES string of the molecule is CC1(C)c2ccccc2-c2nc(-n3c4ccccc4c4cc5ccccc5cc43)c(-c3ccc4c(c3)-c3ccccc3C43c4ccccc4-c4ccccc43)nc21. The van der Waals surface area contributed by atoms with Gasteiger partial charge in [0.05, 0.1) is 27.8 Å². The van der Waals surface area contributed by atoms with E-state index in [1.807, 2.05) is 0 Å². The van der Waals surface area contributed by atoms with Crippen molar-refractivity contribution < 1.29 is 0 Å². The van der Waals surface area contributed by atoms with E-state index in [-0.39, 0.29) is 5.41 Å². The van der Waals surface area contributed by atoms with Crippen LogP contribution in [-0.2, 0) is 10.8 Å². The molecular weight excluding hydrogens is 691 g/mol. The monoisotopic (exact) mass is 725 g/mol. The second-order valence-electron chi connectivity index (χ2n) is 16.5. The Bertz CT molecular complexity index is 3350. The highest BCUT2D eigenvalue weighted by Crippen LogP contribution is 2.63. The largest absolute Gasteiger partial charge is 0.292 e. The summed E-state index contributed by atoms with van der Waals surface area (Å²) in [6.07, 6.45) is 0. The average molecular weight is 726 g/mol. The molecule has 0 amide bonds. The fraction of sp³-hybridized carbons (Fsp3) is 0.0741. The van der Waals surface area contributed by atoms with Crippen molar-refractivity contribution in [2.24, 2.45) is 0 Å². The van der Waals surface area contributed by atoms with Crippen LogP contribution in [0.5, 0.6) is 0 Å². The molecule has 3 aliphatic rings. The van der Waals surface area contributed by atoms with E-state index in [0.717, 1.165) is 45.1 Å². The lowest BCUT2D eigenvalue weighted by molar-refractivity contribution is 0.635. The summed E-state index contributed by atoms with van der Waals surface area (Å²) in [5.41, 5.74) is 18.4. The summed E-state index contributed by atoms with van der Waals surface area (Å²) in [6.45, 7) is 4.58. The van der Waals surface area contributed by atoms with Crippen molar-refractivity contribution in [1.29, 1.82) is 0 Å². The topological polar surface area (TPSA) is 30.7 Å². The number of fused-ring (bicyclic) bond motifs is 17. The second kappa shape index (κ2) is 10.8. The minimum Gasteiger partial charge on any atom is -0.292 e. The van der Waals surface area contributed by atoms with Crippen LogP contribution in [0.3, 0.4) is 0 Å². The van der Waals surface area contributed by atoms with Gasteiger partial charge in [-0.05, 0) is 85.1 Å². The highest BCUT2D eigenvalue weighted by atomic mass is 15.1. The molecular formula is C54H35N3. The third-order valence-electron chi connectivity index (χ3n) is 13.3. The molecule has 0 saturated heterocycles. The molecule has 1 spiro atoms. The fourth-order valence-electron chi connectivity index (χ4n) is 10.9. The lowest BCUT2D eigenvalue weighted by atomic mass is 9.70. The maximum absolute atomic E-state index is 5.78. The molecule has 0 aliphatic heterocycles. The van der Waals surface area contributed by atoms with Crippen molar-refractivity contribution in [3.63, 3.8) is 0 Å². The van der Waals surface area contributed by atoms with E-state index in [9.17, 15) is 0 Å². The first kappa shape index (κ1) is 31.1. The quantitative estimate of drug-likeness (QED) is 0.178. The highest BCUT2D eigenvalue weighted by Gasteiger charge is 2.51. The summed E-state index contributed by atoms with van der Waals surface area (Å²) < 4.78 is 2.37. The highest BCUT2D eigenvalue weighted by molar-refractivity contribution is 6.14. The Hall–Kier alpha value is -7.10. The number of hydrogen-bond acceptors (Lipinski definition) is 2. The standard InChI is InChI=1S/C54H35N3/c1-53(2)42-22-10-8-21-39(42)50-51(53)55-49(52(56-50)57-47-26-14-9-20-38(47)41-29-32-15-3-4-16-33(32)31-48(41)57)34-27-28-46-40(30-34)37-19-7-13-25-45(37)54(46)43-23-11-5-17-35(43)36-18-6-12-24-44(36)54/h3-31H,1-2H3. The van der Waals surface area contributed by atoms with Crippen LogP contribution >= 0.6 is 0 Å². The van der Waals surface area contributed by atoms with Crippen LogP contribution in [0.25, 0.3) is 83.2 Å². The predicted octanol–water partition coefficient (Wildman–Crippen LogP) is 13.0. The molecule has 266 valence electrons. The van der Waals surface area contributed by atoms with E-state index < -0.39 is 5.41 Å². The van der Waals surface area contributed by atoms with E-state index in [0.29, 0.717) is 0 Å². The van der Waals surface area contributed by atoms with Gasteiger partial charge in [0.25, 0.3) is 0 Å². The summed E-state index contributed by atoms with van der Waals surface area (Å²) in [4.78, 5) is 11.5. The third-order valence-corrected chi connectivity index (χ3v) is 13.3. The number of rotatable bonds is 2. The van der Waals surface area contributed by atoms with Gasteiger partial charge in [0.1, 0.15) is 5.69 Å². The Kier molecular flexibility index (Phi) is 5.90. The van der Waals surface area contributed by atoms with E-state index >= 15 is 0 Å². The molecule has 0 fully saturated rings.